The molecule has 0 saturated carbocycles. The lowest BCUT2D eigenvalue weighted by Gasteiger charge is -2.48. The average Bonchev–Trinajstić information content (AvgIpc) is 0.764. The van der Waals surface area contributed by atoms with Crippen LogP contribution in [-0.2, 0) is 86.1 Å². The Kier molecular flexibility index (Phi) is 39.1. The molecule has 8 aliphatic rings. The van der Waals surface area contributed by atoms with Gasteiger partial charge < -0.3 is 167 Å². The number of nitrogens with one attached hydrogen (secondary N) is 6. The summed E-state index contributed by atoms with van der Waals surface area (Å²) in [5, 5.41) is 211. The van der Waals surface area contributed by atoms with E-state index in [0.717, 1.165) is 72.8 Å². The van der Waals surface area contributed by atoms with E-state index in [4.69, 9.17) is 71.9 Å². The molecule has 47 heteroatoms. The van der Waals surface area contributed by atoms with Crippen LogP contribution >= 0.6 is 23.2 Å². The van der Waals surface area contributed by atoms with Gasteiger partial charge in [0.25, 0.3) is 6.47 Å². The van der Waals surface area contributed by atoms with Gasteiger partial charge in [-0.2, -0.15) is 13.2 Å². The summed E-state index contributed by atoms with van der Waals surface area (Å²) in [6.07, 6.45) is -41.4. The molecule has 0 spiro atoms. The Labute approximate surface area is 855 Å². The van der Waals surface area contributed by atoms with E-state index in [-0.39, 0.29) is 97.2 Å². The summed E-state index contributed by atoms with van der Waals surface area (Å²) in [4.78, 5) is 132. The maximum absolute atomic E-state index is 16.6. The third kappa shape index (κ3) is 27.0. The van der Waals surface area contributed by atoms with Gasteiger partial charge in [0.1, 0.15) is 126 Å². The number of phenolic OH excluding ortho intramolecular Hbond substituents is 3. The maximum Gasteiger partial charge on any atom is 0.416 e. The van der Waals surface area contributed by atoms with Crippen LogP contribution in [0.4, 0.5) is 13.2 Å². The smallest absolute Gasteiger partial charge is 0.416 e. The minimum atomic E-state index is -4.56. The molecule has 42 nitrogen and oxygen atoms in total. The van der Waals surface area contributed by atoms with E-state index in [2.05, 4.69) is 31.9 Å². The fraction of sp³-hybridized carbons (Fsp3) is 0.495. The SMILES string of the molecule is CC[C@H](CC(C)C)C(=O)N[C@H]1C(=O)C[C@@H](CC(N)=O)C(=O)N[C@H]2C(=O)C[C@H]3C(=O)N[C@H](C(=O)N[C@H](OC=O)c4cc(O)c(CNCCCCC(=O)[C@H](O)[C@@H](O)[C@H](O)[C@H](O)CO)c(O)c4-c4cc3ccc4O)[C@H](O)c3ccc(c(Cl)c3)Oc3cc2cc(c3O[C@@H]2O[C@H](CO)C(O)C(O)[C@H]2O[C@H]2CC(C)(NCc3ccc(-c4ccc(C(F)(F)F)cc4)cc3)[C@H](O)[C@H](C)O2)Oc2ccc(cc2Cl)[C@H]1O.C[C@@H]1OC(CO)[C@H](O)[C@H](O)C1O. The number of aliphatic hydroxyl groups excluding tert-OH is 15. The maximum atomic E-state index is 16.6. The molecule has 8 heterocycles. The molecule has 27 atom stereocenters. The molecule has 3 fully saturated rings. The molecule has 0 aliphatic carbocycles. The number of alkyl halides is 3. The van der Waals surface area contributed by atoms with Crippen LogP contribution in [0.25, 0.3) is 22.3 Å². The van der Waals surface area contributed by atoms with E-state index in [1.54, 1.807) is 45.0 Å². The molecule has 26 N–H and O–H groups in total. The standard InChI is InChI=1S/C94H108Cl2F3N7O30.C7H14O5/c1-6-44(25-41(2)3)87(126)104-74-62(113)29-51(32-70(100)116)88(127)103-73-50-30-67(132-65-22-17-48(76(74)117)27-57(65)95)84(136-92-85(83(124)81(122)69(39-108)134-92)135-71-35-93(5,86(125)42(4)131-71)102-36-43-10-12-45(13-11-43)46-14-19-52(20-15-46)94(97,98)99)68(31-50)133-66-23-18-49(28-58(66)96)77(118)75-90(129)106-91(130-40-109)55-34-61(112)56(37-101-24-8-7-9-60(111)79(120)82(123)80(121)64(115)38-107)78(119)72(55)54-26-47(16-21-59(54)110)53(33-63(73)114)89(128)105-75;1-3-5(9)7(11)6(10)4(2-8)12-3/h10-23,26-28,30-31,34,40-42,44,51,53,64,69,71,73-77,79-83,85-86,91-92,101-102,107-108,110,112,115,117-125H,6-9,24-25,29,32-33,35-39H2,1-5H3,(H2,100,116)(H,103,127)(H,104,126)(H,105,128)(H,106,129);3-11H,2H2,1H3/t42-,44+,51-,53+,64+,69+,71-,73+,74-,75-,76+,77+,79-,80+,81?,82+,83?,85+,86+,91+,92-,93?;3-,4?,5?,6-,7+/m00/s1. The van der Waals surface area contributed by atoms with E-state index < -0.39 is 329 Å². The Hall–Kier alpha value is -11.3. The van der Waals surface area contributed by atoms with Crippen molar-refractivity contribution in [3.8, 4) is 68.2 Å². The highest BCUT2D eigenvalue weighted by molar-refractivity contribution is 6.32. The lowest BCUT2D eigenvalue weighted by molar-refractivity contribution is -0.334. The van der Waals surface area contributed by atoms with Crippen LogP contribution in [0, 0.1) is 17.8 Å². The van der Waals surface area contributed by atoms with E-state index in [1.807, 2.05) is 13.8 Å². The first-order valence-electron chi connectivity index (χ1n) is 47.7. The number of hydrogen-bond donors (Lipinski definition) is 25. The molecule has 5 unspecified atom stereocenters. The van der Waals surface area contributed by atoms with Crippen molar-refractivity contribution in [2.24, 2.45) is 23.5 Å². The summed E-state index contributed by atoms with van der Waals surface area (Å²) in [7, 11) is 0. The lowest BCUT2D eigenvalue weighted by Crippen LogP contribution is -2.65. The molecule has 7 aromatic carbocycles. The Morgan fingerprint density at radius 1 is 0.649 bits per heavy atom. The van der Waals surface area contributed by atoms with Crippen LogP contribution in [-0.4, -0.2) is 293 Å². The van der Waals surface area contributed by atoms with Crippen molar-refractivity contribution >= 4 is 76.6 Å². The number of carbonyl (C=O) groups is 9. The van der Waals surface area contributed by atoms with Crippen LogP contribution in [0.5, 0.6) is 46.0 Å². The average molecular weight is 2120 g/mol. The summed E-state index contributed by atoms with van der Waals surface area (Å²) in [5.74, 6) is -19.2. The monoisotopic (exact) mass is 2120 g/mol. The molecular formula is C101H122Cl2F3N7O35. The first kappa shape index (κ1) is 115. The Balaban J connectivity index is 0.00000151. The predicted molar refractivity (Wildman–Crippen MR) is 513 cm³/mol. The van der Waals surface area contributed by atoms with Gasteiger partial charge in [0.05, 0.1) is 71.1 Å². The number of aliphatic hydroxyl groups is 15. The number of aromatic hydroxyl groups is 3. The van der Waals surface area contributed by atoms with Crippen LogP contribution in [0.1, 0.15) is 174 Å². The normalized spacial score (nSPS) is 27.9. The van der Waals surface area contributed by atoms with Gasteiger partial charge in [-0.05, 0) is 165 Å². The van der Waals surface area contributed by atoms with Crippen LogP contribution in [0.2, 0.25) is 10.0 Å². The minimum absolute atomic E-state index is 0.0122. The summed E-state index contributed by atoms with van der Waals surface area (Å²) in [6, 6.07) is 18.1. The summed E-state index contributed by atoms with van der Waals surface area (Å²) in [6.45, 7) is 7.16. The van der Waals surface area contributed by atoms with Gasteiger partial charge in [-0.25, -0.2) is 0 Å². The van der Waals surface area contributed by atoms with Crippen LogP contribution < -0.4 is 51.8 Å². The van der Waals surface area contributed by atoms with Crippen LogP contribution in [0.3, 0.4) is 0 Å². The Bertz CT molecular complexity index is 5880. The number of Topliss-reactive ketones (excluding diaryl/α,β-unsaturated/α-hetero) is 3. The molecular weight excluding hydrogens is 2000 g/mol. The number of amides is 5. The highest BCUT2D eigenvalue weighted by atomic mass is 35.5. The Morgan fingerprint density at radius 3 is 1.84 bits per heavy atom. The van der Waals surface area contributed by atoms with Gasteiger partial charge in [-0.15, -0.1) is 0 Å². The van der Waals surface area contributed by atoms with Crippen molar-refractivity contribution in [1.29, 1.82) is 0 Å². The van der Waals surface area contributed by atoms with Crippen molar-refractivity contribution in [2.75, 3.05) is 26.4 Å². The number of hydrogen-bond acceptors (Lipinski definition) is 37. The van der Waals surface area contributed by atoms with Crippen molar-refractivity contribution in [3.05, 3.63) is 176 Å². The lowest BCUT2D eigenvalue weighted by atomic mass is 9.84. The van der Waals surface area contributed by atoms with Gasteiger partial charge in [0, 0.05) is 73.3 Å². The highest BCUT2D eigenvalue weighted by Crippen LogP contribution is 2.52. The number of ether oxygens (including phenoxy) is 8. The quantitative estimate of drug-likeness (QED) is 0.0219. The van der Waals surface area contributed by atoms with Crippen molar-refractivity contribution < 1.29 is 186 Å². The predicted octanol–water partition coefficient (Wildman–Crippen LogP) is 3.20. The zero-order valence-electron chi connectivity index (χ0n) is 80.8. The number of ketones is 3. The first-order chi connectivity index (χ1) is 70.0. The van der Waals surface area contributed by atoms with Crippen molar-refractivity contribution in [2.45, 2.75) is 271 Å². The molecule has 7 aromatic rings. The Morgan fingerprint density at radius 2 is 1.26 bits per heavy atom. The van der Waals surface area contributed by atoms with Gasteiger partial charge >= 0.3 is 6.18 Å². The molecule has 3 saturated heterocycles. The molecule has 0 radical (unpaired) electrons. The number of unbranched alkanes of at least 4 members (excludes halogenated alkanes) is 1. The molecule has 11 bridgehead atoms. The number of fused-ring (bicyclic) bond motifs is 15. The third-order valence-corrected chi connectivity index (χ3v) is 27.6. The fourth-order valence-electron chi connectivity index (χ4n) is 18.4. The van der Waals surface area contributed by atoms with Gasteiger partial charge in [-0.3, -0.25) is 43.2 Å². The second-order valence-corrected chi connectivity index (χ2v) is 38.8. The molecule has 5 amide bonds. The van der Waals surface area contributed by atoms with E-state index in [0.29, 0.717) is 23.1 Å². The summed E-state index contributed by atoms with van der Waals surface area (Å²) >= 11 is 14.5. The number of halogens is 5. The molecule has 0 aromatic heterocycles. The molecule has 15 rings (SSSR count). The van der Waals surface area contributed by atoms with Crippen LogP contribution in [0.15, 0.2) is 121 Å². The minimum Gasteiger partial charge on any atom is -0.507 e. The van der Waals surface area contributed by atoms with E-state index in [9.17, 15) is 119 Å². The molecule has 8 aliphatic heterocycles. The summed E-state index contributed by atoms with van der Waals surface area (Å²) in [5.41, 5.74) is 2.39. The largest absolute Gasteiger partial charge is 0.507 e. The number of nitrogens with two attached hydrogens (primary N) is 1. The second kappa shape index (κ2) is 50.1. The molecule has 148 heavy (non-hydrogen) atoms. The number of rotatable bonds is 31. The van der Waals surface area contributed by atoms with Crippen molar-refractivity contribution in [1.82, 2.24) is 31.9 Å². The number of benzene rings is 7. The van der Waals surface area contributed by atoms with E-state index >= 15 is 24.0 Å². The highest BCUT2D eigenvalue weighted by Gasteiger charge is 2.53. The van der Waals surface area contributed by atoms with E-state index in [1.165, 1.54) is 31.2 Å². The zero-order valence-corrected chi connectivity index (χ0v) is 82.3. The first-order valence-corrected chi connectivity index (χ1v) is 48.5. The zero-order chi connectivity index (χ0) is 108. The second-order valence-electron chi connectivity index (χ2n) is 38.0. The number of carbonyl (C=O) groups excluding carboxylic acids is 9. The van der Waals surface area contributed by atoms with Crippen molar-refractivity contribution in [3.63, 3.8) is 0 Å². The summed E-state index contributed by atoms with van der Waals surface area (Å²) < 4.78 is 90.5. The molecule has 806 valence electrons. The third-order valence-electron chi connectivity index (χ3n) is 27.0. The number of primary amides is 1. The van der Waals surface area contributed by atoms with Gasteiger partial charge in [0.15, 0.2) is 41.2 Å². The topological polar surface area (TPSA) is 690 Å². The van der Waals surface area contributed by atoms with Gasteiger partial charge in [0.2, 0.25) is 47.8 Å². The number of phenols is 3. The fourth-order valence-corrected chi connectivity index (χ4v) is 18.9. The van der Waals surface area contributed by atoms with Gasteiger partial charge in [-0.1, -0.05) is 98.6 Å².